The summed E-state index contributed by atoms with van der Waals surface area (Å²) in [5.41, 5.74) is 0.860. The van der Waals surface area contributed by atoms with Crippen molar-refractivity contribution in [2.75, 3.05) is 5.32 Å². The van der Waals surface area contributed by atoms with Crippen LogP contribution in [0.1, 0.15) is 21.6 Å². The topological polar surface area (TPSA) is 44.9 Å². The number of nitrogens with one attached hydrogen (secondary N) is 2. The molecule has 0 aliphatic rings. The first-order valence-corrected chi connectivity index (χ1v) is 6.91. The van der Waals surface area contributed by atoms with E-state index in [0.29, 0.717) is 0 Å². The second-order valence-electron chi connectivity index (χ2n) is 5.27. The van der Waals surface area contributed by atoms with E-state index in [0.717, 1.165) is 22.5 Å². The van der Waals surface area contributed by atoms with E-state index in [1.165, 1.54) is 18.2 Å². The van der Waals surface area contributed by atoms with Crippen LogP contribution in [0.25, 0.3) is 10.9 Å². The number of anilines is 1. The van der Waals surface area contributed by atoms with Crippen molar-refractivity contribution in [2.45, 2.75) is 13.1 Å². The number of amides is 1. The second kappa shape index (κ2) is 5.46. The van der Waals surface area contributed by atoms with Gasteiger partial charge in [0, 0.05) is 10.9 Å². The summed E-state index contributed by atoms with van der Waals surface area (Å²) in [4.78, 5) is 15.1. The van der Waals surface area contributed by atoms with Crippen LogP contribution >= 0.6 is 0 Å². The van der Waals surface area contributed by atoms with E-state index >= 15 is 0 Å². The maximum absolute atomic E-state index is 13.0. The Bertz CT molecular complexity index is 881. The Labute approximate surface area is 130 Å². The number of fused-ring (bicyclic) bond motifs is 1. The summed E-state index contributed by atoms with van der Waals surface area (Å²) in [6.07, 6.45) is -4.53. The molecule has 3 rings (SSSR count). The molecule has 3 nitrogen and oxygen atoms in total. The van der Waals surface area contributed by atoms with Crippen molar-refractivity contribution in [1.29, 1.82) is 0 Å². The minimum Gasteiger partial charge on any atom is -0.351 e. The molecule has 0 saturated heterocycles. The predicted molar refractivity (Wildman–Crippen MR) is 82.4 cm³/mol. The van der Waals surface area contributed by atoms with Crippen LogP contribution in [-0.2, 0) is 6.18 Å². The van der Waals surface area contributed by atoms with Gasteiger partial charge in [-0.15, -0.1) is 0 Å². The molecule has 2 aromatic carbocycles. The van der Waals surface area contributed by atoms with E-state index in [4.69, 9.17) is 0 Å². The van der Waals surface area contributed by atoms with E-state index in [2.05, 4.69) is 10.3 Å². The quantitative estimate of drug-likeness (QED) is 0.704. The highest BCUT2D eigenvalue weighted by molar-refractivity contribution is 6.06. The molecule has 0 aliphatic heterocycles. The number of hydrogen-bond acceptors (Lipinski definition) is 1. The smallest absolute Gasteiger partial charge is 0.351 e. The molecule has 0 aliphatic carbocycles. The summed E-state index contributed by atoms with van der Waals surface area (Å²) in [6.45, 7) is 1.92. The van der Waals surface area contributed by atoms with Gasteiger partial charge in [0.25, 0.3) is 5.91 Å². The summed E-state index contributed by atoms with van der Waals surface area (Å²) in [6, 6.07) is 12.1. The number of carbonyl (C=O) groups is 1. The molecule has 23 heavy (non-hydrogen) atoms. The lowest BCUT2D eigenvalue weighted by Crippen LogP contribution is -2.16. The largest absolute Gasteiger partial charge is 0.418 e. The molecule has 1 amide bonds. The van der Waals surface area contributed by atoms with Gasteiger partial charge in [0.1, 0.15) is 5.69 Å². The summed E-state index contributed by atoms with van der Waals surface area (Å²) in [7, 11) is 0. The number of H-pyrrole nitrogens is 1. The van der Waals surface area contributed by atoms with Crippen LogP contribution in [-0.4, -0.2) is 10.9 Å². The molecule has 0 radical (unpaired) electrons. The molecule has 0 bridgehead atoms. The molecular formula is C17H13F3N2O. The summed E-state index contributed by atoms with van der Waals surface area (Å²) < 4.78 is 38.9. The highest BCUT2D eigenvalue weighted by Crippen LogP contribution is 2.34. The molecule has 118 valence electrons. The van der Waals surface area contributed by atoms with Gasteiger partial charge in [0.2, 0.25) is 0 Å². The molecule has 2 N–H and O–H groups in total. The molecule has 3 aromatic rings. The van der Waals surface area contributed by atoms with Gasteiger partial charge in [-0.25, -0.2) is 0 Å². The molecule has 1 aromatic heterocycles. The van der Waals surface area contributed by atoms with Crippen LogP contribution in [0, 0.1) is 6.92 Å². The van der Waals surface area contributed by atoms with E-state index in [9.17, 15) is 18.0 Å². The number of alkyl halides is 3. The van der Waals surface area contributed by atoms with Crippen molar-refractivity contribution >= 4 is 22.5 Å². The van der Waals surface area contributed by atoms with Gasteiger partial charge in [-0.2, -0.15) is 13.2 Å². The monoisotopic (exact) mass is 318 g/mol. The van der Waals surface area contributed by atoms with Crippen LogP contribution in [0.5, 0.6) is 0 Å². The molecule has 6 heteroatoms. The maximum Gasteiger partial charge on any atom is 0.418 e. The Hall–Kier alpha value is -2.76. The van der Waals surface area contributed by atoms with E-state index < -0.39 is 17.6 Å². The molecule has 0 unspecified atom stereocenters. The summed E-state index contributed by atoms with van der Waals surface area (Å²) in [5, 5.41) is 3.15. The number of hydrogen-bond donors (Lipinski definition) is 2. The predicted octanol–water partition coefficient (Wildman–Crippen LogP) is 4.75. The lowest BCUT2D eigenvalue weighted by molar-refractivity contribution is -0.136. The van der Waals surface area contributed by atoms with Crippen molar-refractivity contribution in [2.24, 2.45) is 0 Å². The number of aromatic amines is 1. The summed E-state index contributed by atoms with van der Waals surface area (Å²) >= 11 is 0. The minimum absolute atomic E-state index is 0.211. The van der Waals surface area contributed by atoms with Crippen LogP contribution in [0.4, 0.5) is 18.9 Å². The number of aryl methyl sites for hydroxylation is 1. The fourth-order valence-corrected chi connectivity index (χ4v) is 2.40. The van der Waals surface area contributed by atoms with Crippen molar-refractivity contribution in [3.05, 3.63) is 65.4 Å². The third kappa shape index (κ3) is 3.06. The zero-order valence-electron chi connectivity index (χ0n) is 12.2. The minimum atomic E-state index is -4.53. The van der Waals surface area contributed by atoms with Crippen LogP contribution in [0.2, 0.25) is 0 Å². The standard InChI is InChI=1S/C17H13F3N2O/c1-10-6-7-13-11(8-10)9-15(21-13)16(23)22-14-5-3-2-4-12(14)17(18,19)20/h2-9,21H,1H3,(H,22,23). The van der Waals surface area contributed by atoms with Crippen LogP contribution < -0.4 is 5.32 Å². The number of para-hydroxylation sites is 1. The van der Waals surface area contributed by atoms with Gasteiger partial charge in [-0.05, 0) is 37.3 Å². The lowest BCUT2D eigenvalue weighted by atomic mass is 10.1. The number of rotatable bonds is 2. The molecule has 0 atom stereocenters. The number of halogens is 3. The first-order valence-electron chi connectivity index (χ1n) is 6.91. The molecule has 0 fully saturated rings. The number of benzene rings is 2. The van der Waals surface area contributed by atoms with Crippen LogP contribution in [0.15, 0.2) is 48.5 Å². The number of aromatic nitrogens is 1. The Balaban J connectivity index is 1.92. The molecular weight excluding hydrogens is 305 g/mol. The third-order valence-electron chi connectivity index (χ3n) is 3.50. The molecule has 1 heterocycles. The Morgan fingerprint density at radius 1 is 1.09 bits per heavy atom. The fraction of sp³-hybridized carbons (Fsp3) is 0.118. The SMILES string of the molecule is Cc1ccc2[nH]c(C(=O)Nc3ccccc3C(F)(F)F)cc2c1. The Morgan fingerprint density at radius 2 is 1.83 bits per heavy atom. The maximum atomic E-state index is 13.0. The van der Waals surface area contributed by atoms with E-state index in [1.807, 2.05) is 25.1 Å². The zero-order valence-corrected chi connectivity index (χ0v) is 12.2. The third-order valence-corrected chi connectivity index (χ3v) is 3.50. The average Bonchev–Trinajstić information content (AvgIpc) is 2.89. The highest BCUT2D eigenvalue weighted by Gasteiger charge is 2.33. The summed E-state index contributed by atoms with van der Waals surface area (Å²) in [5.74, 6) is -0.615. The first kappa shape index (κ1) is 15.1. The fourth-order valence-electron chi connectivity index (χ4n) is 2.40. The van der Waals surface area contributed by atoms with Crippen molar-refractivity contribution < 1.29 is 18.0 Å². The van der Waals surface area contributed by atoms with E-state index in [1.54, 1.807) is 6.07 Å². The first-order chi connectivity index (χ1) is 10.8. The normalized spacial score (nSPS) is 11.7. The van der Waals surface area contributed by atoms with E-state index in [-0.39, 0.29) is 11.4 Å². The molecule has 0 saturated carbocycles. The number of carbonyl (C=O) groups excluding carboxylic acids is 1. The van der Waals surface area contributed by atoms with Crippen LogP contribution in [0.3, 0.4) is 0 Å². The lowest BCUT2D eigenvalue weighted by Gasteiger charge is -2.12. The van der Waals surface area contributed by atoms with Gasteiger partial charge in [-0.1, -0.05) is 23.8 Å². The Morgan fingerprint density at radius 3 is 2.57 bits per heavy atom. The second-order valence-corrected chi connectivity index (χ2v) is 5.27. The average molecular weight is 318 g/mol. The van der Waals surface area contributed by atoms with Gasteiger partial charge < -0.3 is 10.3 Å². The van der Waals surface area contributed by atoms with Crippen molar-refractivity contribution in [3.8, 4) is 0 Å². The van der Waals surface area contributed by atoms with Gasteiger partial charge in [0.05, 0.1) is 11.3 Å². The molecule has 0 spiro atoms. The Kier molecular flexibility index (Phi) is 3.60. The van der Waals surface area contributed by atoms with Crippen molar-refractivity contribution in [3.63, 3.8) is 0 Å². The highest BCUT2D eigenvalue weighted by atomic mass is 19.4. The van der Waals surface area contributed by atoms with Gasteiger partial charge in [0.15, 0.2) is 0 Å². The van der Waals surface area contributed by atoms with Gasteiger partial charge >= 0.3 is 6.18 Å². The van der Waals surface area contributed by atoms with Crippen molar-refractivity contribution in [1.82, 2.24) is 4.98 Å². The van der Waals surface area contributed by atoms with Gasteiger partial charge in [-0.3, -0.25) is 4.79 Å². The zero-order chi connectivity index (χ0) is 16.6.